The number of nitrogens with two attached hydrogens (primary N) is 2. The molecule has 0 aliphatic rings. The van der Waals surface area contributed by atoms with Crippen molar-refractivity contribution in [2.24, 2.45) is 0 Å². The van der Waals surface area contributed by atoms with Crippen molar-refractivity contribution in [3.8, 4) is 10.6 Å². The van der Waals surface area contributed by atoms with Gasteiger partial charge in [0.2, 0.25) is 0 Å². The summed E-state index contributed by atoms with van der Waals surface area (Å²) in [5.74, 6) is 0.809. The third-order valence-electron chi connectivity index (χ3n) is 1.56. The average molecular weight is 180 g/mol. The molecular formula is C8H8N2OS. The largest absolute Gasteiger partial charge is 0.464 e. The Balaban J connectivity index is 2.48. The van der Waals surface area contributed by atoms with Crippen molar-refractivity contribution in [1.82, 2.24) is 0 Å². The topological polar surface area (TPSA) is 65.2 Å². The minimum atomic E-state index is 0.617. The summed E-state index contributed by atoms with van der Waals surface area (Å²) >= 11 is 1.43. The SMILES string of the molecule is Nc1cc(-c2ccco2)sc1N. The summed E-state index contributed by atoms with van der Waals surface area (Å²) in [4.78, 5) is 0.968. The van der Waals surface area contributed by atoms with Crippen LogP contribution in [0, 0.1) is 0 Å². The van der Waals surface area contributed by atoms with Crippen LogP contribution in [-0.2, 0) is 0 Å². The van der Waals surface area contributed by atoms with E-state index in [0.717, 1.165) is 10.6 Å². The molecule has 0 bridgehead atoms. The number of hydrogen-bond acceptors (Lipinski definition) is 4. The van der Waals surface area contributed by atoms with E-state index < -0.39 is 0 Å². The molecule has 0 aromatic carbocycles. The van der Waals surface area contributed by atoms with Crippen LogP contribution in [0.25, 0.3) is 10.6 Å². The van der Waals surface area contributed by atoms with Crippen LogP contribution >= 0.6 is 11.3 Å². The van der Waals surface area contributed by atoms with Gasteiger partial charge in [0.05, 0.1) is 16.8 Å². The Morgan fingerprint density at radius 3 is 2.67 bits per heavy atom. The van der Waals surface area contributed by atoms with Crippen LogP contribution in [0.5, 0.6) is 0 Å². The molecule has 0 radical (unpaired) electrons. The van der Waals surface area contributed by atoms with Gasteiger partial charge in [-0.3, -0.25) is 0 Å². The molecule has 2 heterocycles. The fraction of sp³-hybridized carbons (Fsp3) is 0. The van der Waals surface area contributed by atoms with Crippen molar-refractivity contribution in [3.05, 3.63) is 24.5 Å². The summed E-state index contributed by atoms with van der Waals surface area (Å²) in [5, 5.41) is 0.640. The number of anilines is 2. The molecule has 0 amide bonds. The highest BCUT2D eigenvalue weighted by molar-refractivity contribution is 7.19. The van der Waals surface area contributed by atoms with Gasteiger partial charge in [-0.1, -0.05) is 0 Å². The van der Waals surface area contributed by atoms with Gasteiger partial charge in [0.1, 0.15) is 10.8 Å². The monoisotopic (exact) mass is 180 g/mol. The molecule has 62 valence electrons. The van der Waals surface area contributed by atoms with Gasteiger partial charge in [-0.25, -0.2) is 0 Å². The van der Waals surface area contributed by atoms with E-state index >= 15 is 0 Å². The van der Waals surface area contributed by atoms with Crippen molar-refractivity contribution in [2.45, 2.75) is 0 Å². The molecule has 0 saturated heterocycles. The lowest BCUT2D eigenvalue weighted by molar-refractivity contribution is 0.584. The quantitative estimate of drug-likeness (QED) is 0.706. The van der Waals surface area contributed by atoms with Crippen LogP contribution in [0.3, 0.4) is 0 Å². The molecule has 0 spiro atoms. The summed E-state index contributed by atoms with van der Waals surface area (Å²) in [5.41, 5.74) is 11.8. The molecule has 2 aromatic heterocycles. The fourth-order valence-electron chi connectivity index (χ4n) is 0.959. The molecule has 4 N–H and O–H groups in total. The van der Waals surface area contributed by atoms with Crippen molar-refractivity contribution >= 4 is 22.0 Å². The molecule has 0 aliphatic carbocycles. The molecule has 0 atom stereocenters. The van der Waals surface area contributed by atoms with Gasteiger partial charge in [0.25, 0.3) is 0 Å². The Hall–Kier alpha value is -1.42. The Morgan fingerprint density at radius 2 is 2.17 bits per heavy atom. The zero-order valence-electron chi connectivity index (χ0n) is 6.28. The second kappa shape index (κ2) is 2.57. The maximum absolute atomic E-state index is 5.60. The molecule has 4 heteroatoms. The lowest BCUT2D eigenvalue weighted by atomic mass is 10.3. The van der Waals surface area contributed by atoms with Gasteiger partial charge in [-0.05, 0) is 18.2 Å². The van der Waals surface area contributed by atoms with E-state index in [9.17, 15) is 0 Å². The van der Waals surface area contributed by atoms with Gasteiger partial charge in [0.15, 0.2) is 0 Å². The first kappa shape index (κ1) is 7.24. The predicted octanol–water partition coefficient (Wildman–Crippen LogP) is 2.17. The minimum Gasteiger partial charge on any atom is -0.464 e. The highest BCUT2D eigenvalue weighted by Crippen LogP contribution is 2.34. The van der Waals surface area contributed by atoms with Crippen LogP contribution in [0.15, 0.2) is 28.9 Å². The summed E-state index contributed by atoms with van der Waals surface area (Å²) in [7, 11) is 0. The number of rotatable bonds is 1. The molecule has 12 heavy (non-hydrogen) atoms. The van der Waals surface area contributed by atoms with Crippen molar-refractivity contribution in [2.75, 3.05) is 11.5 Å². The minimum absolute atomic E-state index is 0.617. The predicted molar refractivity (Wildman–Crippen MR) is 50.8 cm³/mol. The molecule has 0 saturated carbocycles. The molecule has 0 aliphatic heterocycles. The van der Waals surface area contributed by atoms with E-state index in [1.165, 1.54) is 11.3 Å². The Morgan fingerprint density at radius 1 is 1.33 bits per heavy atom. The summed E-state index contributed by atoms with van der Waals surface area (Å²) in [6, 6.07) is 5.53. The number of hydrogen-bond donors (Lipinski definition) is 2. The number of nitrogen functional groups attached to an aromatic ring is 2. The summed E-state index contributed by atoms with van der Waals surface area (Å²) in [6.07, 6.45) is 1.63. The summed E-state index contributed by atoms with van der Waals surface area (Å²) in [6.45, 7) is 0. The first-order valence-electron chi connectivity index (χ1n) is 3.46. The number of furan rings is 1. The van der Waals surface area contributed by atoms with Crippen molar-refractivity contribution < 1.29 is 4.42 Å². The van der Waals surface area contributed by atoms with Crippen LogP contribution in [-0.4, -0.2) is 0 Å². The third-order valence-corrected chi connectivity index (χ3v) is 2.55. The highest BCUT2D eigenvalue weighted by Gasteiger charge is 2.06. The second-order valence-corrected chi connectivity index (χ2v) is 3.49. The van der Waals surface area contributed by atoms with Gasteiger partial charge >= 0.3 is 0 Å². The van der Waals surface area contributed by atoms with E-state index in [2.05, 4.69) is 0 Å². The Kier molecular flexibility index (Phi) is 1.55. The van der Waals surface area contributed by atoms with E-state index in [-0.39, 0.29) is 0 Å². The first-order chi connectivity index (χ1) is 5.77. The van der Waals surface area contributed by atoms with E-state index in [4.69, 9.17) is 15.9 Å². The smallest absolute Gasteiger partial charge is 0.143 e. The van der Waals surface area contributed by atoms with Crippen molar-refractivity contribution in [3.63, 3.8) is 0 Å². The first-order valence-corrected chi connectivity index (χ1v) is 4.27. The average Bonchev–Trinajstić information content (AvgIpc) is 2.61. The van der Waals surface area contributed by atoms with Gasteiger partial charge in [-0.2, -0.15) is 0 Å². The maximum Gasteiger partial charge on any atom is 0.143 e. The Bertz CT molecular complexity index is 358. The van der Waals surface area contributed by atoms with Gasteiger partial charge < -0.3 is 15.9 Å². The van der Waals surface area contributed by atoms with Crippen LogP contribution in [0.1, 0.15) is 0 Å². The van der Waals surface area contributed by atoms with Crippen LogP contribution < -0.4 is 11.5 Å². The fourth-order valence-corrected chi connectivity index (χ4v) is 1.78. The van der Waals surface area contributed by atoms with E-state index in [1.54, 1.807) is 6.26 Å². The molecule has 2 rings (SSSR count). The zero-order chi connectivity index (χ0) is 8.55. The molecule has 0 fully saturated rings. The number of thiophene rings is 1. The second-order valence-electron chi connectivity index (χ2n) is 2.41. The molecule has 0 unspecified atom stereocenters. The van der Waals surface area contributed by atoms with E-state index in [1.807, 2.05) is 18.2 Å². The zero-order valence-corrected chi connectivity index (χ0v) is 7.10. The molecule has 2 aromatic rings. The lowest BCUT2D eigenvalue weighted by Crippen LogP contribution is -1.86. The third kappa shape index (κ3) is 1.06. The van der Waals surface area contributed by atoms with Crippen molar-refractivity contribution in [1.29, 1.82) is 0 Å². The van der Waals surface area contributed by atoms with Gasteiger partial charge in [-0.15, -0.1) is 11.3 Å². The van der Waals surface area contributed by atoms with Gasteiger partial charge in [0, 0.05) is 0 Å². The van der Waals surface area contributed by atoms with Crippen LogP contribution in [0.2, 0.25) is 0 Å². The Labute approximate surface area is 73.6 Å². The maximum atomic E-state index is 5.60. The molecule has 3 nitrogen and oxygen atoms in total. The highest BCUT2D eigenvalue weighted by atomic mass is 32.1. The molecular weight excluding hydrogens is 172 g/mol. The normalized spacial score (nSPS) is 10.3. The lowest BCUT2D eigenvalue weighted by Gasteiger charge is -1.85. The van der Waals surface area contributed by atoms with Crippen LogP contribution in [0.4, 0.5) is 10.7 Å². The van der Waals surface area contributed by atoms with E-state index in [0.29, 0.717) is 10.7 Å². The summed E-state index contributed by atoms with van der Waals surface area (Å²) < 4.78 is 5.19. The standard InChI is InChI=1S/C8H8N2OS/c9-5-4-7(12-8(5)10)6-2-1-3-11-6/h1-4H,9-10H2.